The van der Waals surface area contributed by atoms with Gasteiger partial charge in [0.15, 0.2) is 0 Å². The Hall–Kier alpha value is -1.04. The Morgan fingerprint density at radius 1 is 1.44 bits per heavy atom. The molecule has 2 aromatic rings. The van der Waals surface area contributed by atoms with Gasteiger partial charge in [-0.2, -0.15) is 0 Å². The molecule has 0 aliphatic heterocycles. The second-order valence-corrected chi connectivity index (χ2v) is 5.10. The summed E-state index contributed by atoms with van der Waals surface area (Å²) in [4.78, 5) is 11.7. The van der Waals surface area contributed by atoms with Crippen molar-refractivity contribution in [1.29, 1.82) is 0 Å². The summed E-state index contributed by atoms with van der Waals surface area (Å²) in [5.74, 6) is -0.0352. The molecule has 1 N–H and O–H groups in total. The minimum absolute atomic E-state index is 0.0352. The zero-order valence-electron chi connectivity index (χ0n) is 9.47. The molecule has 0 saturated heterocycles. The van der Waals surface area contributed by atoms with Crippen molar-refractivity contribution in [3.05, 3.63) is 33.0 Å². The number of nitrogens with zero attached hydrogens (tertiary/aromatic N) is 1. The van der Waals surface area contributed by atoms with Crippen LogP contribution in [0.4, 0.5) is 0 Å². The van der Waals surface area contributed by atoms with Gasteiger partial charge in [0.1, 0.15) is 0 Å². The molecule has 1 heterocycles. The highest BCUT2D eigenvalue weighted by Crippen LogP contribution is 2.26. The number of aryl methyl sites for hydroxylation is 2. The summed E-state index contributed by atoms with van der Waals surface area (Å²) in [7, 11) is 3.62. The fourth-order valence-corrected chi connectivity index (χ4v) is 2.83. The van der Waals surface area contributed by atoms with E-state index >= 15 is 0 Å². The molecule has 0 aliphatic rings. The standard InChI is InChI=1S/C12H13IN2O/c1-7-4-8(13)5-9-10(12(16)14-2)6-15(3)11(7)9/h4-6H,1-3H3,(H,14,16). The summed E-state index contributed by atoms with van der Waals surface area (Å²) in [5.41, 5.74) is 3.06. The topological polar surface area (TPSA) is 34.0 Å². The monoisotopic (exact) mass is 328 g/mol. The average Bonchev–Trinajstić information content (AvgIpc) is 2.54. The molecule has 4 heteroatoms. The fourth-order valence-electron chi connectivity index (χ4n) is 2.05. The third kappa shape index (κ3) is 1.71. The van der Waals surface area contributed by atoms with Gasteiger partial charge in [-0.3, -0.25) is 4.79 Å². The van der Waals surface area contributed by atoms with E-state index in [1.807, 2.05) is 23.9 Å². The molecular formula is C12H13IN2O. The van der Waals surface area contributed by atoms with Gasteiger partial charge >= 0.3 is 0 Å². The molecule has 1 aromatic carbocycles. The maximum absolute atomic E-state index is 11.7. The third-order valence-electron chi connectivity index (χ3n) is 2.70. The number of amides is 1. The normalized spacial score (nSPS) is 10.8. The maximum atomic E-state index is 11.7. The van der Waals surface area contributed by atoms with Crippen molar-refractivity contribution in [3.63, 3.8) is 0 Å². The highest BCUT2D eigenvalue weighted by molar-refractivity contribution is 14.1. The third-order valence-corrected chi connectivity index (χ3v) is 3.33. The quantitative estimate of drug-likeness (QED) is 0.802. The Labute approximate surface area is 108 Å². The molecule has 1 aromatic heterocycles. The summed E-state index contributed by atoms with van der Waals surface area (Å²) in [6.45, 7) is 2.07. The van der Waals surface area contributed by atoms with Gasteiger partial charge in [-0.15, -0.1) is 0 Å². The zero-order chi connectivity index (χ0) is 11.9. The smallest absolute Gasteiger partial charge is 0.253 e. The van der Waals surface area contributed by atoms with Gasteiger partial charge in [0.2, 0.25) is 0 Å². The SMILES string of the molecule is CNC(=O)c1cn(C)c2c(C)cc(I)cc12. The molecule has 0 spiro atoms. The van der Waals surface area contributed by atoms with Crippen molar-refractivity contribution in [1.82, 2.24) is 9.88 Å². The van der Waals surface area contributed by atoms with Crippen LogP contribution in [0.25, 0.3) is 10.9 Å². The Morgan fingerprint density at radius 3 is 2.75 bits per heavy atom. The predicted molar refractivity (Wildman–Crippen MR) is 73.8 cm³/mol. The largest absolute Gasteiger partial charge is 0.355 e. The number of carbonyl (C=O) groups is 1. The van der Waals surface area contributed by atoms with Crippen molar-refractivity contribution in [2.45, 2.75) is 6.92 Å². The van der Waals surface area contributed by atoms with Crippen LogP contribution in [0.1, 0.15) is 15.9 Å². The van der Waals surface area contributed by atoms with Gasteiger partial charge < -0.3 is 9.88 Å². The molecule has 84 valence electrons. The van der Waals surface area contributed by atoms with Crippen molar-refractivity contribution < 1.29 is 4.79 Å². The molecule has 1 amide bonds. The number of nitrogens with one attached hydrogen (secondary N) is 1. The van der Waals surface area contributed by atoms with E-state index < -0.39 is 0 Å². The van der Waals surface area contributed by atoms with E-state index in [4.69, 9.17) is 0 Å². The molecule has 0 saturated carbocycles. The number of aromatic nitrogens is 1. The second kappa shape index (κ2) is 4.08. The molecule has 0 unspecified atom stereocenters. The van der Waals surface area contributed by atoms with Crippen LogP contribution in [0.15, 0.2) is 18.3 Å². The number of benzene rings is 1. The lowest BCUT2D eigenvalue weighted by molar-refractivity contribution is 0.0964. The highest BCUT2D eigenvalue weighted by Gasteiger charge is 2.14. The number of halogens is 1. The lowest BCUT2D eigenvalue weighted by Crippen LogP contribution is -2.17. The van der Waals surface area contributed by atoms with Gasteiger partial charge in [-0.05, 0) is 47.2 Å². The summed E-state index contributed by atoms with van der Waals surface area (Å²) in [5, 5.41) is 3.69. The van der Waals surface area contributed by atoms with Crippen molar-refractivity contribution in [3.8, 4) is 0 Å². The van der Waals surface area contributed by atoms with E-state index in [-0.39, 0.29) is 5.91 Å². The van der Waals surface area contributed by atoms with Crippen LogP contribution in [0.3, 0.4) is 0 Å². The van der Waals surface area contributed by atoms with E-state index in [0.717, 1.165) is 20.0 Å². The summed E-state index contributed by atoms with van der Waals surface area (Å²) in [6.07, 6.45) is 1.88. The first-order valence-corrected chi connectivity index (χ1v) is 6.09. The van der Waals surface area contributed by atoms with Crippen LogP contribution in [0.5, 0.6) is 0 Å². The van der Waals surface area contributed by atoms with E-state index in [9.17, 15) is 4.79 Å². The molecule has 0 radical (unpaired) electrons. The van der Waals surface area contributed by atoms with Crippen molar-refractivity contribution in [2.24, 2.45) is 7.05 Å². The Bertz CT molecular complexity index is 572. The lowest BCUT2D eigenvalue weighted by atomic mass is 10.1. The van der Waals surface area contributed by atoms with Crippen LogP contribution < -0.4 is 5.32 Å². The summed E-state index contributed by atoms with van der Waals surface area (Å²) in [6, 6.07) is 4.17. The number of fused-ring (bicyclic) bond motifs is 1. The Balaban J connectivity index is 2.83. The Kier molecular flexibility index (Phi) is 2.92. The molecule has 0 fully saturated rings. The molecule has 0 aliphatic carbocycles. The van der Waals surface area contributed by atoms with Crippen LogP contribution >= 0.6 is 22.6 Å². The van der Waals surface area contributed by atoms with E-state index in [0.29, 0.717) is 0 Å². The van der Waals surface area contributed by atoms with Crippen LogP contribution in [0.2, 0.25) is 0 Å². The minimum Gasteiger partial charge on any atom is -0.355 e. The maximum Gasteiger partial charge on any atom is 0.253 e. The number of rotatable bonds is 1. The fraction of sp³-hybridized carbons (Fsp3) is 0.250. The van der Waals surface area contributed by atoms with Crippen LogP contribution in [-0.4, -0.2) is 17.5 Å². The summed E-state index contributed by atoms with van der Waals surface area (Å²) >= 11 is 2.27. The minimum atomic E-state index is -0.0352. The number of hydrogen-bond acceptors (Lipinski definition) is 1. The molecular weight excluding hydrogens is 315 g/mol. The Morgan fingerprint density at radius 2 is 2.12 bits per heavy atom. The van der Waals surface area contributed by atoms with Gasteiger partial charge in [0, 0.05) is 29.2 Å². The number of carbonyl (C=O) groups excluding carboxylic acids is 1. The predicted octanol–water partition coefficient (Wildman–Crippen LogP) is 2.45. The first kappa shape index (κ1) is 11.4. The van der Waals surface area contributed by atoms with Crippen LogP contribution in [-0.2, 0) is 7.05 Å². The highest BCUT2D eigenvalue weighted by atomic mass is 127. The first-order valence-electron chi connectivity index (χ1n) is 5.02. The van der Waals surface area contributed by atoms with Gasteiger partial charge in [0.05, 0.1) is 11.1 Å². The van der Waals surface area contributed by atoms with Gasteiger partial charge in [-0.25, -0.2) is 0 Å². The second-order valence-electron chi connectivity index (χ2n) is 3.85. The first-order chi connectivity index (χ1) is 7.54. The van der Waals surface area contributed by atoms with Gasteiger partial charge in [0.25, 0.3) is 5.91 Å². The van der Waals surface area contributed by atoms with Gasteiger partial charge in [-0.1, -0.05) is 0 Å². The molecule has 16 heavy (non-hydrogen) atoms. The molecule has 3 nitrogen and oxygen atoms in total. The zero-order valence-corrected chi connectivity index (χ0v) is 11.6. The van der Waals surface area contributed by atoms with Crippen LogP contribution in [0, 0.1) is 10.5 Å². The molecule has 2 rings (SSSR count). The van der Waals surface area contributed by atoms with E-state index in [2.05, 4.69) is 40.9 Å². The van der Waals surface area contributed by atoms with E-state index in [1.54, 1.807) is 7.05 Å². The lowest BCUT2D eigenvalue weighted by Gasteiger charge is -2.02. The van der Waals surface area contributed by atoms with Crippen molar-refractivity contribution in [2.75, 3.05) is 7.05 Å². The van der Waals surface area contributed by atoms with E-state index in [1.165, 1.54) is 5.56 Å². The summed E-state index contributed by atoms with van der Waals surface area (Å²) < 4.78 is 3.16. The van der Waals surface area contributed by atoms with Crippen molar-refractivity contribution >= 4 is 39.4 Å². The molecule has 0 bridgehead atoms. The number of hydrogen-bond donors (Lipinski definition) is 1. The average molecular weight is 328 g/mol. The molecule has 0 atom stereocenters.